The minimum absolute atomic E-state index is 0.108. The van der Waals surface area contributed by atoms with Gasteiger partial charge in [-0.2, -0.15) is 0 Å². The fraction of sp³-hybridized carbons (Fsp3) is 0.240. The predicted octanol–water partition coefficient (Wildman–Crippen LogP) is 4.86. The highest BCUT2D eigenvalue weighted by Gasteiger charge is 2.16. The highest BCUT2D eigenvalue weighted by atomic mass is 19.1. The van der Waals surface area contributed by atoms with Gasteiger partial charge in [0.15, 0.2) is 0 Å². The van der Waals surface area contributed by atoms with Gasteiger partial charge in [0.25, 0.3) is 0 Å². The number of morpholine rings is 1. The number of halogens is 1. The first-order chi connectivity index (χ1) is 15.6. The van der Waals surface area contributed by atoms with Crippen LogP contribution < -0.4 is 4.90 Å². The molecule has 0 bridgehead atoms. The lowest BCUT2D eigenvalue weighted by atomic mass is 10.0. The summed E-state index contributed by atoms with van der Waals surface area (Å²) in [5, 5.41) is 10.7. The number of hydrogen-bond acceptors (Lipinski definition) is 6. The van der Waals surface area contributed by atoms with Crippen LogP contribution in [0.5, 0.6) is 0 Å². The third-order valence-electron chi connectivity index (χ3n) is 5.41. The van der Waals surface area contributed by atoms with Gasteiger partial charge in [0, 0.05) is 42.4 Å². The molecule has 1 aromatic heterocycles. The van der Waals surface area contributed by atoms with E-state index in [1.165, 1.54) is 24.7 Å². The molecule has 0 amide bonds. The second-order valence-corrected chi connectivity index (χ2v) is 7.56. The number of ether oxygens (including phenoxy) is 1. The van der Waals surface area contributed by atoms with Crippen LogP contribution in [0.2, 0.25) is 0 Å². The van der Waals surface area contributed by atoms with Crippen molar-refractivity contribution in [3.63, 3.8) is 0 Å². The standard InChI is InChI=1S/C25H25FN4O2/c1-3-8-27-23(17(2)31)14-18-4-7-22(26)21(13-18)25-20-6-5-19(15-24(20)28-16-29-25)30-9-11-32-12-10-30/h3-8,13,15-16,31H,1,9-12,14H2,2H3/b23-17+,27-8?. The van der Waals surface area contributed by atoms with Gasteiger partial charge in [0.2, 0.25) is 0 Å². The van der Waals surface area contributed by atoms with Gasteiger partial charge in [-0.15, -0.1) is 0 Å². The second-order valence-electron chi connectivity index (χ2n) is 7.56. The SMILES string of the molecule is C=CC=N/C(Cc1ccc(F)c(-c2ncnc3cc(N4CCOCC4)ccc23)c1)=C(\C)O. The van der Waals surface area contributed by atoms with Crippen molar-refractivity contribution in [3.05, 3.63) is 78.2 Å². The minimum Gasteiger partial charge on any atom is -0.511 e. The van der Waals surface area contributed by atoms with E-state index in [1.54, 1.807) is 19.1 Å². The molecule has 4 rings (SSSR count). The zero-order chi connectivity index (χ0) is 22.5. The van der Waals surface area contributed by atoms with Crippen LogP contribution in [0, 0.1) is 5.82 Å². The van der Waals surface area contributed by atoms with Crippen molar-refractivity contribution in [1.29, 1.82) is 0 Å². The summed E-state index contributed by atoms with van der Waals surface area (Å²) in [7, 11) is 0. The molecule has 2 heterocycles. The van der Waals surface area contributed by atoms with E-state index in [4.69, 9.17) is 4.74 Å². The summed E-state index contributed by atoms with van der Waals surface area (Å²) in [4.78, 5) is 15.3. The van der Waals surface area contributed by atoms with Crippen LogP contribution in [0.4, 0.5) is 10.1 Å². The van der Waals surface area contributed by atoms with Crippen LogP contribution in [0.1, 0.15) is 12.5 Å². The second kappa shape index (κ2) is 9.70. The third-order valence-corrected chi connectivity index (χ3v) is 5.41. The maximum absolute atomic E-state index is 14.9. The Bertz CT molecular complexity index is 1200. The average molecular weight is 432 g/mol. The minimum atomic E-state index is -0.369. The molecule has 0 spiro atoms. The Morgan fingerprint density at radius 3 is 2.78 bits per heavy atom. The zero-order valence-corrected chi connectivity index (χ0v) is 18.0. The molecule has 0 aliphatic carbocycles. The van der Waals surface area contributed by atoms with Gasteiger partial charge in [0.1, 0.15) is 17.9 Å². The number of aliphatic hydroxyl groups excluding tert-OH is 1. The number of allylic oxidation sites excluding steroid dienone is 3. The molecule has 0 radical (unpaired) electrons. The van der Waals surface area contributed by atoms with Crippen LogP contribution in [-0.4, -0.2) is 47.6 Å². The number of hydrogen-bond donors (Lipinski definition) is 1. The van der Waals surface area contributed by atoms with E-state index in [-0.39, 0.29) is 11.6 Å². The van der Waals surface area contributed by atoms with Gasteiger partial charge in [-0.1, -0.05) is 18.7 Å². The van der Waals surface area contributed by atoms with Crippen LogP contribution >= 0.6 is 0 Å². The van der Waals surface area contributed by atoms with Gasteiger partial charge in [-0.25, -0.2) is 14.4 Å². The lowest BCUT2D eigenvalue weighted by Crippen LogP contribution is -2.36. The van der Waals surface area contributed by atoms with Gasteiger partial charge >= 0.3 is 0 Å². The normalized spacial score (nSPS) is 15.2. The number of aliphatic imine (C=N–C) groups is 1. The van der Waals surface area contributed by atoms with Gasteiger partial charge in [-0.05, 0) is 42.8 Å². The van der Waals surface area contributed by atoms with E-state index in [2.05, 4.69) is 26.4 Å². The molecule has 3 aromatic rings. The number of rotatable bonds is 6. The summed E-state index contributed by atoms with van der Waals surface area (Å²) in [5.41, 5.74) is 4.03. The summed E-state index contributed by atoms with van der Waals surface area (Å²) < 4.78 is 20.3. The molecule has 1 aliphatic heterocycles. The monoisotopic (exact) mass is 432 g/mol. The first-order valence-electron chi connectivity index (χ1n) is 10.5. The molecular formula is C25H25FN4O2. The first kappa shape index (κ1) is 21.6. The smallest absolute Gasteiger partial charge is 0.132 e. The van der Waals surface area contributed by atoms with Crippen molar-refractivity contribution in [2.45, 2.75) is 13.3 Å². The molecule has 1 N–H and O–H groups in total. The summed E-state index contributed by atoms with van der Waals surface area (Å²) in [6, 6.07) is 10.8. The Hall–Kier alpha value is -3.58. The Morgan fingerprint density at radius 2 is 2.03 bits per heavy atom. The molecule has 6 nitrogen and oxygen atoms in total. The fourth-order valence-corrected chi connectivity index (χ4v) is 3.75. The number of nitrogens with zero attached hydrogens (tertiary/aromatic N) is 4. The van der Waals surface area contributed by atoms with Crippen molar-refractivity contribution < 1.29 is 14.2 Å². The van der Waals surface area contributed by atoms with Crippen molar-refractivity contribution in [2.75, 3.05) is 31.2 Å². The molecule has 32 heavy (non-hydrogen) atoms. The number of aromatic nitrogens is 2. The maximum atomic E-state index is 14.9. The van der Waals surface area contributed by atoms with E-state index in [9.17, 15) is 9.50 Å². The highest BCUT2D eigenvalue weighted by molar-refractivity contribution is 5.94. The fourth-order valence-electron chi connectivity index (χ4n) is 3.75. The average Bonchev–Trinajstić information content (AvgIpc) is 2.82. The summed E-state index contributed by atoms with van der Waals surface area (Å²) in [6.45, 7) is 8.23. The van der Waals surface area contributed by atoms with Gasteiger partial charge in [0.05, 0.1) is 30.1 Å². The van der Waals surface area contributed by atoms with E-state index in [0.29, 0.717) is 36.6 Å². The number of benzene rings is 2. The van der Waals surface area contributed by atoms with E-state index in [1.807, 2.05) is 18.2 Å². The molecule has 2 aromatic carbocycles. The van der Waals surface area contributed by atoms with E-state index in [0.717, 1.165) is 35.2 Å². The molecule has 0 atom stereocenters. The summed E-state index contributed by atoms with van der Waals surface area (Å²) in [6.07, 6.45) is 4.87. The predicted molar refractivity (Wildman–Crippen MR) is 126 cm³/mol. The van der Waals surface area contributed by atoms with Crippen molar-refractivity contribution in [2.24, 2.45) is 4.99 Å². The quantitative estimate of drug-likeness (QED) is 0.445. The summed E-state index contributed by atoms with van der Waals surface area (Å²) in [5.74, 6) is -0.260. The first-order valence-corrected chi connectivity index (χ1v) is 10.5. The van der Waals surface area contributed by atoms with Crippen LogP contribution in [0.15, 0.2) is 71.8 Å². The summed E-state index contributed by atoms with van der Waals surface area (Å²) >= 11 is 0. The van der Waals surface area contributed by atoms with Crippen molar-refractivity contribution in [1.82, 2.24) is 9.97 Å². The molecule has 1 fully saturated rings. The molecule has 164 valence electrons. The molecule has 1 saturated heterocycles. The van der Waals surface area contributed by atoms with Crippen LogP contribution in [-0.2, 0) is 11.2 Å². The van der Waals surface area contributed by atoms with E-state index < -0.39 is 0 Å². The molecule has 1 aliphatic rings. The van der Waals surface area contributed by atoms with Crippen LogP contribution in [0.3, 0.4) is 0 Å². The Balaban J connectivity index is 1.72. The Kier molecular flexibility index (Phi) is 6.56. The molecule has 0 saturated carbocycles. The lowest BCUT2D eigenvalue weighted by molar-refractivity contribution is 0.122. The lowest BCUT2D eigenvalue weighted by Gasteiger charge is -2.29. The van der Waals surface area contributed by atoms with Gasteiger partial charge < -0.3 is 14.7 Å². The van der Waals surface area contributed by atoms with E-state index >= 15 is 0 Å². The van der Waals surface area contributed by atoms with Gasteiger partial charge in [-0.3, -0.25) is 4.99 Å². The van der Waals surface area contributed by atoms with Crippen LogP contribution in [0.25, 0.3) is 22.2 Å². The Labute approximate surface area is 186 Å². The Morgan fingerprint density at radius 1 is 1.22 bits per heavy atom. The molecule has 7 heteroatoms. The molecular weight excluding hydrogens is 407 g/mol. The van der Waals surface area contributed by atoms with Crippen molar-refractivity contribution >= 4 is 22.8 Å². The zero-order valence-electron chi connectivity index (χ0n) is 18.0. The maximum Gasteiger partial charge on any atom is 0.132 e. The number of aliphatic hydroxyl groups is 1. The number of fused-ring (bicyclic) bond motifs is 1. The van der Waals surface area contributed by atoms with Crippen molar-refractivity contribution in [3.8, 4) is 11.3 Å². The molecule has 0 unspecified atom stereocenters. The third kappa shape index (κ3) is 4.68. The highest BCUT2D eigenvalue weighted by Crippen LogP contribution is 2.31. The largest absolute Gasteiger partial charge is 0.511 e. The number of anilines is 1. The topological polar surface area (TPSA) is 70.8 Å².